The van der Waals surface area contributed by atoms with E-state index in [2.05, 4.69) is 29.1 Å². The van der Waals surface area contributed by atoms with Gasteiger partial charge < -0.3 is 15.0 Å². The van der Waals surface area contributed by atoms with Crippen molar-refractivity contribution < 1.29 is 9.53 Å². The number of fused-ring (bicyclic) bond motifs is 1. The first-order valence-electron chi connectivity index (χ1n) is 8.66. The van der Waals surface area contributed by atoms with E-state index in [4.69, 9.17) is 4.74 Å². The van der Waals surface area contributed by atoms with Crippen LogP contribution in [-0.2, 0) is 4.79 Å². The van der Waals surface area contributed by atoms with E-state index in [1.54, 1.807) is 4.90 Å². The van der Waals surface area contributed by atoms with Crippen LogP contribution in [0.4, 0.5) is 11.5 Å². The maximum atomic E-state index is 12.1. The van der Waals surface area contributed by atoms with Crippen molar-refractivity contribution in [3.63, 3.8) is 0 Å². The molecule has 0 bridgehead atoms. The van der Waals surface area contributed by atoms with Crippen LogP contribution < -0.4 is 15.0 Å². The van der Waals surface area contributed by atoms with Crippen molar-refractivity contribution in [2.45, 2.75) is 33.1 Å². The summed E-state index contributed by atoms with van der Waals surface area (Å²) in [5, 5.41) is 3.34. The summed E-state index contributed by atoms with van der Waals surface area (Å²) in [6.45, 7) is 7.63. The van der Waals surface area contributed by atoms with E-state index in [0.29, 0.717) is 12.5 Å². The van der Waals surface area contributed by atoms with Gasteiger partial charge in [0.05, 0.1) is 5.69 Å². The molecule has 0 saturated heterocycles. The van der Waals surface area contributed by atoms with E-state index in [-0.39, 0.29) is 12.5 Å². The Hall–Kier alpha value is -2.63. The van der Waals surface area contributed by atoms with Crippen LogP contribution in [0.25, 0.3) is 0 Å². The van der Waals surface area contributed by atoms with Crippen LogP contribution in [0.5, 0.6) is 5.75 Å². The minimum absolute atomic E-state index is 0.00123. The molecule has 132 valence electrons. The van der Waals surface area contributed by atoms with Gasteiger partial charge in [-0.25, -0.2) is 9.97 Å². The standard InChI is InChI=1S/C19H24N4O2/c1-13(2)19-21-14(3)11-17(22-19)20-9-6-10-23-15-7-4-5-8-16(15)25-12-18(23)24/h4-5,7-8,11,13H,6,9-10,12H2,1-3H3,(H,20,21,22). The van der Waals surface area contributed by atoms with Gasteiger partial charge in [0.2, 0.25) is 0 Å². The molecule has 1 amide bonds. The number of anilines is 2. The summed E-state index contributed by atoms with van der Waals surface area (Å²) < 4.78 is 5.47. The topological polar surface area (TPSA) is 67.4 Å². The number of hydrogen-bond acceptors (Lipinski definition) is 5. The smallest absolute Gasteiger partial charge is 0.265 e. The number of nitrogens with one attached hydrogen (secondary N) is 1. The molecule has 0 spiro atoms. The summed E-state index contributed by atoms with van der Waals surface area (Å²) in [6.07, 6.45) is 0.820. The molecule has 0 saturated carbocycles. The van der Waals surface area contributed by atoms with Gasteiger partial charge in [0, 0.05) is 30.8 Å². The maximum absolute atomic E-state index is 12.1. The minimum Gasteiger partial charge on any atom is -0.482 e. The third kappa shape index (κ3) is 4.07. The number of benzene rings is 1. The fourth-order valence-electron chi connectivity index (χ4n) is 2.79. The Kier molecular flexibility index (Phi) is 5.16. The number of rotatable bonds is 6. The zero-order chi connectivity index (χ0) is 17.8. The van der Waals surface area contributed by atoms with Gasteiger partial charge in [0.25, 0.3) is 5.91 Å². The third-order valence-corrected chi connectivity index (χ3v) is 4.06. The summed E-state index contributed by atoms with van der Waals surface area (Å²) in [5.74, 6) is 2.74. The summed E-state index contributed by atoms with van der Waals surface area (Å²) in [7, 11) is 0. The van der Waals surface area contributed by atoms with E-state index in [1.807, 2.05) is 37.3 Å². The molecule has 1 aliphatic rings. The van der Waals surface area contributed by atoms with Crippen molar-refractivity contribution >= 4 is 17.4 Å². The Morgan fingerprint density at radius 2 is 2.08 bits per heavy atom. The second-order valence-electron chi connectivity index (χ2n) is 6.49. The molecular weight excluding hydrogens is 316 g/mol. The molecule has 6 nitrogen and oxygen atoms in total. The number of amides is 1. The Bertz CT molecular complexity index is 761. The lowest BCUT2D eigenvalue weighted by Gasteiger charge is -2.29. The van der Waals surface area contributed by atoms with Crippen molar-refractivity contribution in [1.82, 2.24) is 9.97 Å². The van der Waals surface area contributed by atoms with Gasteiger partial charge in [-0.05, 0) is 25.5 Å². The normalized spacial score (nSPS) is 13.6. The molecule has 2 aromatic rings. The van der Waals surface area contributed by atoms with Gasteiger partial charge >= 0.3 is 0 Å². The van der Waals surface area contributed by atoms with E-state index >= 15 is 0 Å². The molecule has 1 N–H and O–H groups in total. The number of nitrogens with zero attached hydrogens (tertiary/aromatic N) is 3. The summed E-state index contributed by atoms with van der Waals surface area (Å²) in [6, 6.07) is 9.59. The van der Waals surface area contributed by atoms with Crippen LogP contribution in [0, 0.1) is 6.92 Å². The molecule has 1 aliphatic heterocycles. The van der Waals surface area contributed by atoms with Crippen LogP contribution in [0.2, 0.25) is 0 Å². The van der Waals surface area contributed by atoms with Crippen LogP contribution >= 0.6 is 0 Å². The third-order valence-electron chi connectivity index (χ3n) is 4.06. The largest absolute Gasteiger partial charge is 0.482 e. The van der Waals surface area contributed by atoms with Gasteiger partial charge in [-0.1, -0.05) is 26.0 Å². The monoisotopic (exact) mass is 340 g/mol. The average Bonchev–Trinajstić information content (AvgIpc) is 2.59. The number of para-hydroxylation sites is 2. The van der Waals surface area contributed by atoms with Gasteiger partial charge in [-0.2, -0.15) is 0 Å². The molecule has 2 heterocycles. The summed E-state index contributed by atoms with van der Waals surface area (Å²) in [5.41, 5.74) is 1.80. The molecule has 25 heavy (non-hydrogen) atoms. The van der Waals surface area contributed by atoms with Crippen LogP contribution in [0.1, 0.15) is 37.7 Å². The first-order chi connectivity index (χ1) is 12.0. The van der Waals surface area contributed by atoms with E-state index in [9.17, 15) is 4.79 Å². The Balaban J connectivity index is 1.58. The van der Waals surface area contributed by atoms with E-state index < -0.39 is 0 Å². The number of ether oxygens (including phenoxy) is 1. The zero-order valence-corrected chi connectivity index (χ0v) is 15.0. The zero-order valence-electron chi connectivity index (χ0n) is 15.0. The number of aryl methyl sites for hydroxylation is 1. The van der Waals surface area contributed by atoms with Crippen molar-refractivity contribution in [2.75, 3.05) is 29.9 Å². The van der Waals surface area contributed by atoms with Crippen LogP contribution in [0.15, 0.2) is 30.3 Å². The van der Waals surface area contributed by atoms with E-state index in [1.165, 1.54) is 0 Å². The number of carbonyl (C=O) groups excluding carboxylic acids is 1. The fourth-order valence-corrected chi connectivity index (χ4v) is 2.79. The highest BCUT2D eigenvalue weighted by atomic mass is 16.5. The lowest BCUT2D eigenvalue weighted by atomic mass is 10.2. The van der Waals surface area contributed by atoms with Crippen molar-refractivity contribution in [1.29, 1.82) is 0 Å². The summed E-state index contributed by atoms with van der Waals surface area (Å²) in [4.78, 5) is 22.9. The van der Waals surface area contributed by atoms with E-state index in [0.717, 1.165) is 41.7 Å². The van der Waals surface area contributed by atoms with Gasteiger partial charge in [-0.15, -0.1) is 0 Å². The molecule has 3 rings (SSSR count). The number of carbonyl (C=O) groups is 1. The molecule has 0 atom stereocenters. The van der Waals surface area contributed by atoms with Crippen molar-refractivity contribution in [3.8, 4) is 5.75 Å². The first-order valence-corrected chi connectivity index (χ1v) is 8.66. The van der Waals surface area contributed by atoms with Crippen molar-refractivity contribution in [2.24, 2.45) is 0 Å². The fraction of sp³-hybridized carbons (Fsp3) is 0.421. The second-order valence-corrected chi connectivity index (χ2v) is 6.49. The minimum atomic E-state index is -0.00123. The highest BCUT2D eigenvalue weighted by molar-refractivity contribution is 5.97. The van der Waals surface area contributed by atoms with Gasteiger partial charge in [0.15, 0.2) is 6.61 Å². The molecule has 1 aromatic heterocycles. The molecule has 0 unspecified atom stereocenters. The van der Waals surface area contributed by atoms with Crippen LogP contribution in [0.3, 0.4) is 0 Å². The molecule has 0 radical (unpaired) electrons. The first kappa shape index (κ1) is 17.2. The maximum Gasteiger partial charge on any atom is 0.265 e. The Morgan fingerprint density at radius 1 is 1.28 bits per heavy atom. The highest BCUT2D eigenvalue weighted by Gasteiger charge is 2.24. The quantitative estimate of drug-likeness (QED) is 0.818. The lowest BCUT2D eigenvalue weighted by molar-refractivity contribution is -0.121. The van der Waals surface area contributed by atoms with Crippen LogP contribution in [-0.4, -0.2) is 35.6 Å². The predicted molar refractivity (Wildman–Crippen MR) is 98.3 cm³/mol. The molecular formula is C19H24N4O2. The van der Waals surface area contributed by atoms with Crippen molar-refractivity contribution in [3.05, 3.63) is 41.9 Å². The Morgan fingerprint density at radius 3 is 2.88 bits per heavy atom. The SMILES string of the molecule is Cc1cc(NCCCN2C(=O)COc3ccccc32)nc(C(C)C)n1. The number of hydrogen-bond donors (Lipinski definition) is 1. The average molecular weight is 340 g/mol. The highest BCUT2D eigenvalue weighted by Crippen LogP contribution is 2.31. The lowest BCUT2D eigenvalue weighted by Crippen LogP contribution is -2.39. The van der Waals surface area contributed by atoms with Gasteiger partial charge in [0.1, 0.15) is 17.4 Å². The molecule has 0 fully saturated rings. The summed E-state index contributed by atoms with van der Waals surface area (Å²) >= 11 is 0. The number of aromatic nitrogens is 2. The molecule has 1 aromatic carbocycles. The second kappa shape index (κ2) is 7.51. The Labute approximate surface area is 148 Å². The van der Waals surface area contributed by atoms with Gasteiger partial charge in [-0.3, -0.25) is 4.79 Å². The molecule has 0 aliphatic carbocycles. The predicted octanol–water partition coefficient (Wildman–Crippen LogP) is 3.14. The molecule has 6 heteroatoms.